The number of rotatable bonds is 4. The van der Waals surface area contributed by atoms with E-state index in [1.807, 2.05) is 41.8 Å². The van der Waals surface area contributed by atoms with Crippen molar-refractivity contribution < 1.29 is 9.15 Å². The monoisotopic (exact) mass is 307 g/mol. The van der Waals surface area contributed by atoms with Gasteiger partial charge in [-0.15, -0.1) is 11.3 Å². The second kappa shape index (κ2) is 5.66. The number of benzene rings is 2. The Bertz CT molecular complexity index is 896. The average Bonchev–Trinajstić information content (AvgIpc) is 3.24. The van der Waals surface area contributed by atoms with Crippen LogP contribution in [0.3, 0.4) is 0 Å². The molecule has 0 amide bonds. The van der Waals surface area contributed by atoms with E-state index in [9.17, 15) is 0 Å². The molecule has 0 saturated carbocycles. The molecule has 108 valence electrons. The van der Waals surface area contributed by atoms with Crippen molar-refractivity contribution in [2.45, 2.75) is 6.61 Å². The van der Waals surface area contributed by atoms with Crippen LogP contribution >= 0.6 is 11.3 Å². The molecule has 0 bridgehead atoms. The fraction of sp³-hybridized carbons (Fsp3) is 0.0556. The fourth-order valence-electron chi connectivity index (χ4n) is 2.30. The van der Waals surface area contributed by atoms with Gasteiger partial charge < -0.3 is 9.15 Å². The van der Waals surface area contributed by atoms with E-state index in [4.69, 9.17) is 9.15 Å². The first-order valence-electron chi connectivity index (χ1n) is 6.98. The van der Waals surface area contributed by atoms with Crippen molar-refractivity contribution in [3.05, 3.63) is 71.9 Å². The number of aromatic nitrogens is 1. The molecule has 22 heavy (non-hydrogen) atoms. The molecule has 0 aliphatic heterocycles. The van der Waals surface area contributed by atoms with Gasteiger partial charge in [-0.1, -0.05) is 36.4 Å². The third kappa shape index (κ3) is 2.61. The molecule has 0 fully saturated rings. The SMILES string of the molecule is c1csc(-c2nc(COc3ccc4ccccc4c3)co2)c1. The van der Waals surface area contributed by atoms with Gasteiger partial charge in [0.2, 0.25) is 5.89 Å². The lowest BCUT2D eigenvalue weighted by molar-refractivity contribution is 0.301. The van der Waals surface area contributed by atoms with Crippen LogP contribution in [0, 0.1) is 0 Å². The zero-order valence-corrected chi connectivity index (χ0v) is 12.5. The summed E-state index contributed by atoms with van der Waals surface area (Å²) in [4.78, 5) is 5.47. The largest absolute Gasteiger partial charge is 0.487 e. The van der Waals surface area contributed by atoms with Crippen LogP contribution in [0.5, 0.6) is 5.75 Å². The first-order valence-corrected chi connectivity index (χ1v) is 7.86. The van der Waals surface area contributed by atoms with E-state index in [1.54, 1.807) is 17.6 Å². The molecule has 2 aromatic heterocycles. The summed E-state index contributed by atoms with van der Waals surface area (Å²) in [5.74, 6) is 1.48. The highest BCUT2D eigenvalue weighted by Gasteiger charge is 2.08. The lowest BCUT2D eigenvalue weighted by Gasteiger charge is -2.05. The highest BCUT2D eigenvalue weighted by Crippen LogP contribution is 2.25. The summed E-state index contributed by atoms with van der Waals surface area (Å²) in [6.45, 7) is 0.396. The van der Waals surface area contributed by atoms with Gasteiger partial charge in [0.1, 0.15) is 24.3 Å². The summed E-state index contributed by atoms with van der Waals surface area (Å²) in [5, 5.41) is 4.38. The van der Waals surface area contributed by atoms with Gasteiger partial charge in [-0.05, 0) is 34.4 Å². The lowest BCUT2D eigenvalue weighted by atomic mass is 10.1. The topological polar surface area (TPSA) is 35.3 Å². The van der Waals surface area contributed by atoms with Gasteiger partial charge in [0.25, 0.3) is 0 Å². The minimum absolute atomic E-state index is 0.396. The van der Waals surface area contributed by atoms with Crippen molar-refractivity contribution in [3.8, 4) is 16.5 Å². The predicted octanol–water partition coefficient (Wildman–Crippen LogP) is 5.14. The van der Waals surface area contributed by atoms with Crippen LogP contribution in [0.1, 0.15) is 5.69 Å². The fourth-order valence-corrected chi connectivity index (χ4v) is 2.96. The third-order valence-corrected chi connectivity index (χ3v) is 4.25. The van der Waals surface area contributed by atoms with Gasteiger partial charge in [-0.3, -0.25) is 0 Å². The minimum Gasteiger partial charge on any atom is -0.487 e. The number of thiophene rings is 1. The normalized spacial score (nSPS) is 10.9. The molecule has 0 saturated heterocycles. The van der Waals surface area contributed by atoms with Gasteiger partial charge in [0.05, 0.1) is 4.88 Å². The van der Waals surface area contributed by atoms with Crippen LogP contribution in [-0.2, 0) is 6.61 Å². The number of nitrogens with zero attached hydrogens (tertiary/aromatic N) is 1. The molecule has 0 atom stereocenters. The Morgan fingerprint density at radius 3 is 2.77 bits per heavy atom. The minimum atomic E-state index is 0.396. The van der Waals surface area contributed by atoms with Crippen LogP contribution in [0.15, 0.2) is 70.7 Å². The Balaban J connectivity index is 1.49. The van der Waals surface area contributed by atoms with Gasteiger partial charge in [-0.25, -0.2) is 4.98 Å². The van der Waals surface area contributed by atoms with Crippen LogP contribution < -0.4 is 4.74 Å². The standard InChI is InChI=1S/C18H13NO2S/c1-2-5-14-10-16(8-7-13(14)4-1)20-11-15-12-21-18(19-15)17-6-3-9-22-17/h1-10,12H,11H2. The van der Waals surface area contributed by atoms with E-state index in [0.29, 0.717) is 12.5 Å². The molecule has 3 nitrogen and oxygen atoms in total. The van der Waals surface area contributed by atoms with Gasteiger partial charge >= 0.3 is 0 Å². The van der Waals surface area contributed by atoms with E-state index >= 15 is 0 Å². The van der Waals surface area contributed by atoms with Gasteiger partial charge in [-0.2, -0.15) is 0 Å². The Labute approximate surface area is 131 Å². The molecular formula is C18H13NO2S. The number of fused-ring (bicyclic) bond motifs is 1. The van der Waals surface area contributed by atoms with Crippen LogP contribution in [0.2, 0.25) is 0 Å². The summed E-state index contributed by atoms with van der Waals surface area (Å²) < 4.78 is 11.3. The molecule has 2 heterocycles. The predicted molar refractivity (Wildman–Crippen MR) is 88.1 cm³/mol. The molecule has 0 aliphatic carbocycles. The van der Waals surface area contributed by atoms with E-state index in [-0.39, 0.29) is 0 Å². The van der Waals surface area contributed by atoms with Crippen molar-refractivity contribution in [3.63, 3.8) is 0 Å². The van der Waals surface area contributed by atoms with Crippen LogP contribution in [0.4, 0.5) is 0 Å². The van der Waals surface area contributed by atoms with Crippen LogP contribution in [0.25, 0.3) is 21.5 Å². The van der Waals surface area contributed by atoms with E-state index in [1.165, 1.54) is 10.8 Å². The number of oxazole rings is 1. The molecule has 0 unspecified atom stereocenters. The first kappa shape index (κ1) is 13.1. The Morgan fingerprint density at radius 1 is 1.00 bits per heavy atom. The second-order valence-electron chi connectivity index (χ2n) is 4.92. The third-order valence-electron chi connectivity index (χ3n) is 3.39. The average molecular weight is 307 g/mol. The van der Waals surface area contributed by atoms with Crippen LogP contribution in [-0.4, -0.2) is 4.98 Å². The van der Waals surface area contributed by atoms with E-state index in [2.05, 4.69) is 23.2 Å². The van der Waals surface area contributed by atoms with Crippen molar-refractivity contribution in [2.24, 2.45) is 0 Å². The second-order valence-corrected chi connectivity index (χ2v) is 5.87. The highest BCUT2D eigenvalue weighted by molar-refractivity contribution is 7.13. The van der Waals surface area contributed by atoms with Crippen molar-refractivity contribution in [1.29, 1.82) is 0 Å². The molecule has 0 spiro atoms. The van der Waals surface area contributed by atoms with Crippen molar-refractivity contribution in [1.82, 2.24) is 4.98 Å². The first-order chi connectivity index (χ1) is 10.9. The maximum Gasteiger partial charge on any atom is 0.236 e. The summed E-state index contributed by atoms with van der Waals surface area (Å²) in [6, 6.07) is 18.3. The quantitative estimate of drug-likeness (QED) is 0.524. The Kier molecular flexibility index (Phi) is 3.37. The number of hydrogen-bond donors (Lipinski definition) is 0. The smallest absolute Gasteiger partial charge is 0.236 e. The van der Waals surface area contributed by atoms with Gasteiger partial charge in [0, 0.05) is 0 Å². The summed E-state index contributed by atoms with van der Waals surface area (Å²) in [7, 11) is 0. The molecule has 4 aromatic rings. The van der Waals surface area contributed by atoms with Gasteiger partial charge in [0.15, 0.2) is 0 Å². The Morgan fingerprint density at radius 2 is 1.91 bits per heavy atom. The summed E-state index contributed by atoms with van der Waals surface area (Å²) in [5.41, 5.74) is 0.788. The highest BCUT2D eigenvalue weighted by atomic mass is 32.1. The molecule has 4 rings (SSSR count). The zero-order chi connectivity index (χ0) is 14.8. The summed E-state index contributed by atoms with van der Waals surface area (Å²) >= 11 is 1.61. The molecular weight excluding hydrogens is 294 g/mol. The zero-order valence-electron chi connectivity index (χ0n) is 11.7. The lowest BCUT2D eigenvalue weighted by Crippen LogP contribution is -1.95. The molecule has 2 aromatic carbocycles. The van der Waals surface area contributed by atoms with E-state index < -0.39 is 0 Å². The maximum atomic E-state index is 5.81. The number of ether oxygens (including phenoxy) is 1. The maximum absolute atomic E-state index is 5.81. The number of hydrogen-bond acceptors (Lipinski definition) is 4. The molecule has 0 N–H and O–H groups in total. The molecule has 0 aliphatic rings. The Hall–Kier alpha value is -2.59. The van der Waals surface area contributed by atoms with Crippen molar-refractivity contribution >= 4 is 22.1 Å². The molecule has 4 heteroatoms. The van der Waals surface area contributed by atoms with Crippen molar-refractivity contribution in [2.75, 3.05) is 0 Å². The summed E-state index contributed by atoms with van der Waals surface area (Å²) in [6.07, 6.45) is 1.65. The van der Waals surface area contributed by atoms with E-state index in [0.717, 1.165) is 16.3 Å². The molecule has 0 radical (unpaired) electrons.